The molecule has 2 aromatic heterocycles. The molecule has 0 aliphatic carbocycles. The van der Waals surface area contributed by atoms with Gasteiger partial charge >= 0.3 is 65.3 Å². The third kappa shape index (κ3) is 7.62. The fraction of sp³-hybridized carbons (Fsp3) is 0.130. The van der Waals surface area contributed by atoms with Crippen LogP contribution >= 0.6 is 0 Å². The van der Waals surface area contributed by atoms with Gasteiger partial charge in [-0.25, -0.2) is 4.39 Å². The number of carbonyl (C=O) groups excluding carboxylic acids is 3. The van der Waals surface area contributed by atoms with E-state index in [9.17, 15) is 23.9 Å². The molecule has 0 aliphatic heterocycles. The summed E-state index contributed by atoms with van der Waals surface area (Å²) in [5.41, 5.74) is -0.811. The summed E-state index contributed by atoms with van der Waals surface area (Å²) in [6.07, 6.45) is 0.998. The molecule has 10 nitrogen and oxygen atoms in total. The molecule has 4 aromatic rings. The van der Waals surface area contributed by atoms with Gasteiger partial charge in [-0.2, -0.15) is 9.59 Å². The molecular weight excluding hydrogens is 501 g/mol. The second-order valence-corrected chi connectivity index (χ2v) is 6.55. The van der Waals surface area contributed by atoms with Crippen LogP contribution in [0.25, 0.3) is 21.9 Å². The van der Waals surface area contributed by atoms with E-state index in [1.807, 2.05) is 0 Å². The molecular formula is C23H13FNa2O10. The predicted molar refractivity (Wildman–Crippen MR) is 109 cm³/mol. The summed E-state index contributed by atoms with van der Waals surface area (Å²) in [5.74, 6) is -2.07. The molecule has 0 radical (unpaired) electrons. The first kappa shape index (κ1) is 31.3. The summed E-state index contributed by atoms with van der Waals surface area (Å²) in [4.78, 5) is 51.4. The predicted octanol–water partition coefficient (Wildman–Crippen LogP) is -4.72. The fourth-order valence-corrected chi connectivity index (χ4v) is 2.99. The molecule has 0 N–H and O–H groups in total. The van der Waals surface area contributed by atoms with Gasteiger partial charge in [0, 0.05) is 11.6 Å². The van der Waals surface area contributed by atoms with Crippen molar-refractivity contribution >= 4 is 34.1 Å². The molecule has 0 bridgehead atoms. The maximum atomic E-state index is 14.4. The molecule has 0 aliphatic rings. The van der Waals surface area contributed by atoms with Crippen molar-refractivity contribution in [1.29, 1.82) is 0 Å². The number of ether oxygens (including phenoxy) is 2. The number of benzene rings is 2. The Morgan fingerprint density at radius 2 is 1.50 bits per heavy atom. The summed E-state index contributed by atoms with van der Waals surface area (Å²) in [5, 5.41) is 11.1. The molecule has 2 heterocycles. The summed E-state index contributed by atoms with van der Waals surface area (Å²) < 4.78 is 35.4. The van der Waals surface area contributed by atoms with Gasteiger partial charge in [-0.15, -0.1) is 0 Å². The Hall–Kier alpha value is -2.76. The molecule has 0 saturated carbocycles. The maximum absolute atomic E-state index is 14.4. The van der Waals surface area contributed by atoms with Crippen LogP contribution in [0.2, 0.25) is 0 Å². The summed E-state index contributed by atoms with van der Waals surface area (Å²) >= 11 is 0. The second kappa shape index (κ2) is 14.7. The number of halogens is 1. The van der Waals surface area contributed by atoms with Crippen LogP contribution in [0.5, 0.6) is 11.5 Å². The van der Waals surface area contributed by atoms with Gasteiger partial charge < -0.3 is 33.0 Å². The minimum absolute atomic E-state index is 0. The van der Waals surface area contributed by atoms with Gasteiger partial charge in [0.1, 0.15) is 41.7 Å². The van der Waals surface area contributed by atoms with Crippen molar-refractivity contribution < 1.29 is 101 Å². The van der Waals surface area contributed by atoms with E-state index in [4.69, 9.17) is 27.9 Å². The SMILES string of the molecule is O=C([O-])c1cc(=O)c2c(OCC(F)COc3cccc4o[c-]cc(=O)c34)cccc2o1.O=C=O.[Na+].[Na+]. The number of carboxylic acids is 1. The monoisotopic (exact) mass is 514 g/mol. The van der Waals surface area contributed by atoms with Gasteiger partial charge in [-0.05, 0) is 29.8 Å². The fourth-order valence-electron chi connectivity index (χ4n) is 2.99. The van der Waals surface area contributed by atoms with Crippen LogP contribution < -0.4 is 84.6 Å². The third-order valence-corrected chi connectivity index (χ3v) is 4.35. The smallest absolute Gasteiger partial charge is 0.580 e. The molecule has 1 unspecified atom stereocenters. The van der Waals surface area contributed by atoms with Gasteiger partial charge in [-0.3, -0.25) is 4.79 Å². The normalized spacial score (nSPS) is 10.6. The molecule has 4 rings (SSSR count). The van der Waals surface area contributed by atoms with E-state index in [1.54, 1.807) is 12.1 Å². The molecule has 13 heteroatoms. The molecule has 0 fully saturated rings. The van der Waals surface area contributed by atoms with Crippen LogP contribution in [-0.4, -0.2) is 31.5 Å². The number of carbonyl (C=O) groups is 1. The van der Waals surface area contributed by atoms with E-state index in [1.165, 1.54) is 24.3 Å². The Morgan fingerprint density at radius 3 is 2.06 bits per heavy atom. The Morgan fingerprint density at radius 1 is 0.972 bits per heavy atom. The Kier molecular flexibility index (Phi) is 12.8. The van der Waals surface area contributed by atoms with E-state index in [-0.39, 0.29) is 104 Å². The van der Waals surface area contributed by atoms with Crippen molar-refractivity contribution in [1.82, 2.24) is 0 Å². The first-order chi connectivity index (χ1) is 16.3. The summed E-state index contributed by atoms with van der Waals surface area (Å²) in [6, 6.07) is 10.8. The Balaban J connectivity index is 0.00000123. The van der Waals surface area contributed by atoms with E-state index in [0.717, 1.165) is 12.1 Å². The van der Waals surface area contributed by atoms with E-state index >= 15 is 0 Å². The molecule has 36 heavy (non-hydrogen) atoms. The van der Waals surface area contributed by atoms with Crippen molar-refractivity contribution in [3.05, 3.63) is 81.0 Å². The van der Waals surface area contributed by atoms with Crippen molar-refractivity contribution in [3.63, 3.8) is 0 Å². The number of carboxylic acid groups (broad SMARTS) is 1. The number of hydrogen-bond acceptors (Lipinski definition) is 10. The van der Waals surface area contributed by atoms with Gasteiger partial charge in [0.15, 0.2) is 17.4 Å². The number of alkyl halides is 1. The van der Waals surface area contributed by atoms with E-state index < -0.39 is 36.5 Å². The molecule has 174 valence electrons. The van der Waals surface area contributed by atoms with Crippen LogP contribution in [0.3, 0.4) is 0 Å². The van der Waals surface area contributed by atoms with Gasteiger partial charge in [0.2, 0.25) is 0 Å². The van der Waals surface area contributed by atoms with Gasteiger partial charge in [-0.1, -0.05) is 24.3 Å². The zero-order valence-electron chi connectivity index (χ0n) is 19.1. The first-order valence-electron chi connectivity index (χ1n) is 9.45. The van der Waals surface area contributed by atoms with Crippen LogP contribution in [0, 0.1) is 6.26 Å². The van der Waals surface area contributed by atoms with Crippen LogP contribution in [0.1, 0.15) is 10.6 Å². The summed E-state index contributed by atoms with van der Waals surface area (Å²) in [6.45, 7) is -0.890. The minimum atomic E-state index is -1.63. The topological polar surface area (TPSA) is 153 Å². The average Bonchev–Trinajstić information content (AvgIpc) is 2.81. The van der Waals surface area contributed by atoms with Crippen LogP contribution in [0.4, 0.5) is 4.39 Å². The van der Waals surface area contributed by atoms with Crippen molar-refractivity contribution in [3.8, 4) is 11.5 Å². The second-order valence-electron chi connectivity index (χ2n) is 6.55. The van der Waals surface area contributed by atoms with E-state index in [0.29, 0.717) is 0 Å². The minimum Gasteiger partial charge on any atom is -0.580 e. The van der Waals surface area contributed by atoms with Crippen LogP contribution in [-0.2, 0) is 9.59 Å². The zero-order chi connectivity index (χ0) is 24.7. The Labute approximate surface area is 245 Å². The molecule has 0 amide bonds. The average molecular weight is 514 g/mol. The number of aromatic carboxylic acids is 1. The van der Waals surface area contributed by atoms with E-state index in [2.05, 4.69) is 6.26 Å². The number of rotatable bonds is 7. The standard InChI is InChI=1S/C22H14FO8.CO2.2Na/c23-12(10-29-16-4-1-3-15-20(16)13(24)7-8-28-15)11-30-17-5-2-6-18-21(17)14(25)9-19(31-18)22(26)27;2-1-3;;/h1-7,9,12H,10-11H2,(H,26,27);;;/q-1;;2*+1/p-1. The quantitative estimate of drug-likeness (QED) is 0.174. The van der Waals surface area contributed by atoms with Crippen LogP contribution in [0.15, 0.2) is 67.0 Å². The maximum Gasteiger partial charge on any atom is 1.00 e. The molecule has 0 spiro atoms. The number of fused-ring (bicyclic) bond motifs is 2. The summed E-state index contributed by atoms with van der Waals surface area (Å²) in [7, 11) is 0. The largest absolute Gasteiger partial charge is 1.00 e. The number of hydrogen-bond donors (Lipinski definition) is 0. The third-order valence-electron chi connectivity index (χ3n) is 4.35. The zero-order valence-corrected chi connectivity index (χ0v) is 23.1. The molecule has 0 saturated heterocycles. The van der Waals surface area contributed by atoms with Crippen molar-refractivity contribution in [2.24, 2.45) is 0 Å². The van der Waals surface area contributed by atoms with Crippen molar-refractivity contribution in [2.45, 2.75) is 6.17 Å². The first-order valence-corrected chi connectivity index (χ1v) is 9.45. The van der Waals surface area contributed by atoms with Gasteiger partial charge in [0.05, 0.1) is 5.43 Å². The van der Waals surface area contributed by atoms with Gasteiger partial charge in [0.25, 0.3) is 0 Å². The van der Waals surface area contributed by atoms with Crippen molar-refractivity contribution in [2.75, 3.05) is 13.2 Å². The Bertz CT molecular complexity index is 1490. The molecule has 2 aromatic carbocycles. The molecule has 1 atom stereocenters.